The summed E-state index contributed by atoms with van der Waals surface area (Å²) in [6.07, 6.45) is -0.923. The first kappa shape index (κ1) is 22.4. The summed E-state index contributed by atoms with van der Waals surface area (Å²) >= 11 is 0. The zero-order valence-corrected chi connectivity index (χ0v) is 18.1. The first-order chi connectivity index (χ1) is 15.5. The molecule has 0 amide bonds. The van der Waals surface area contributed by atoms with Crippen LogP contribution in [-0.4, -0.2) is 49.6 Å². The molecule has 0 bridgehead atoms. The summed E-state index contributed by atoms with van der Waals surface area (Å²) in [5.41, 5.74) is 0.899. The number of fused-ring (bicyclic) bond motifs is 1. The summed E-state index contributed by atoms with van der Waals surface area (Å²) < 4.78 is 44.9. The monoisotopic (exact) mass is 440 g/mol. The minimum Gasteiger partial charge on any atom is -0.496 e. The zero-order chi connectivity index (χ0) is 22.6. The van der Waals surface area contributed by atoms with Gasteiger partial charge in [-0.2, -0.15) is 13.2 Å². The van der Waals surface area contributed by atoms with Crippen LogP contribution in [0.2, 0.25) is 0 Å². The lowest BCUT2D eigenvalue weighted by Gasteiger charge is -2.34. The van der Waals surface area contributed by atoms with Crippen LogP contribution in [0.5, 0.6) is 5.75 Å². The van der Waals surface area contributed by atoms with Gasteiger partial charge in [-0.15, -0.1) is 0 Å². The summed E-state index contributed by atoms with van der Waals surface area (Å²) in [6.45, 7) is 5.14. The second kappa shape index (κ2) is 9.76. The van der Waals surface area contributed by atoms with Crippen LogP contribution in [0.3, 0.4) is 0 Å². The summed E-state index contributed by atoms with van der Waals surface area (Å²) in [6, 6.07) is 18.1. The molecule has 3 aromatic rings. The van der Waals surface area contributed by atoms with E-state index in [-0.39, 0.29) is 5.56 Å². The van der Waals surface area contributed by atoms with Crippen molar-refractivity contribution in [3.8, 4) is 5.75 Å². The molecule has 6 heteroatoms. The van der Waals surface area contributed by atoms with E-state index in [4.69, 9.17) is 4.74 Å². The maximum absolute atomic E-state index is 13.1. The molecule has 0 N–H and O–H groups in total. The Morgan fingerprint density at radius 1 is 0.844 bits per heavy atom. The van der Waals surface area contributed by atoms with Crippen LogP contribution in [0, 0.1) is 0 Å². The van der Waals surface area contributed by atoms with Crippen LogP contribution in [0.4, 0.5) is 13.2 Å². The van der Waals surface area contributed by atoms with Gasteiger partial charge >= 0.3 is 6.18 Å². The number of halogens is 3. The summed E-state index contributed by atoms with van der Waals surface area (Å²) in [7, 11) is 1.69. The summed E-state index contributed by atoms with van der Waals surface area (Å²) in [5, 5.41) is 2.33. The van der Waals surface area contributed by atoms with Gasteiger partial charge in [0.2, 0.25) is 0 Å². The van der Waals surface area contributed by atoms with Crippen LogP contribution in [0.15, 0.2) is 66.7 Å². The molecular formula is C26H27F3N2O. The van der Waals surface area contributed by atoms with Crippen molar-refractivity contribution < 1.29 is 17.9 Å². The Bertz CT molecular complexity index is 1090. The summed E-state index contributed by atoms with van der Waals surface area (Å²) in [5.74, 6) is 0.882. The maximum atomic E-state index is 13.1. The first-order valence-electron chi connectivity index (χ1n) is 10.8. The van der Waals surface area contributed by atoms with Crippen LogP contribution in [0.25, 0.3) is 16.8 Å². The van der Waals surface area contributed by atoms with Crippen LogP contribution >= 0.6 is 0 Å². The third-order valence-electron chi connectivity index (χ3n) is 5.98. The molecule has 0 saturated carbocycles. The highest BCUT2D eigenvalue weighted by atomic mass is 19.4. The highest BCUT2D eigenvalue weighted by Crippen LogP contribution is 2.32. The molecule has 1 aliphatic rings. The lowest BCUT2D eigenvalue weighted by atomic mass is 10.0. The van der Waals surface area contributed by atoms with Gasteiger partial charge in [-0.25, -0.2) is 0 Å². The van der Waals surface area contributed by atoms with Gasteiger partial charge in [0.1, 0.15) is 5.75 Å². The van der Waals surface area contributed by atoms with E-state index in [1.54, 1.807) is 19.3 Å². The number of hydrogen-bond donors (Lipinski definition) is 0. The van der Waals surface area contributed by atoms with Crippen molar-refractivity contribution >= 4 is 16.8 Å². The minimum absolute atomic E-state index is 0.213. The molecule has 0 aromatic heterocycles. The Kier molecular flexibility index (Phi) is 6.82. The molecule has 0 aliphatic carbocycles. The molecular weight excluding hydrogens is 413 g/mol. The van der Waals surface area contributed by atoms with Gasteiger partial charge in [0.05, 0.1) is 12.7 Å². The first-order valence-corrected chi connectivity index (χ1v) is 10.8. The fourth-order valence-electron chi connectivity index (χ4n) is 4.25. The van der Waals surface area contributed by atoms with Crippen molar-refractivity contribution in [2.45, 2.75) is 12.7 Å². The van der Waals surface area contributed by atoms with Crippen molar-refractivity contribution in [3.05, 3.63) is 83.4 Å². The number of benzene rings is 3. The Morgan fingerprint density at radius 3 is 2.22 bits per heavy atom. The van der Waals surface area contributed by atoms with Gasteiger partial charge in [0, 0.05) is 44.7 Å². The van der Waals surface area contributed by atoms with E-state index < -0.39 is 11.7 Å². The van der Waals surface area contributed by atoms with Crippen molar-refractivity contribution in [2.24, 2.45) is 0 Å². The largest absolute Gasteiger partial charge is 0.496 e. The van der Waals surface area contributed by atoms with E-state index >= 15 is 0 Å². The van der Waals surface area contributed by atoms with Crippen LogP contribution in [-0.2, 0) is 12.7 Å². The number of methoxy groups -OCH3 is 1. The highest BCUT2D eigenvalue weighted by molar-refractivity contribution is 5.91. The highest BCUT2D eigenvalue weighted by Gasteiger charge is 2.32. The molecule has 0 unspecified atom stereocenters. The average Bonchev–Trinajstić information content (AvgIpc) is 2.80. The van der Waals surface area contributed by atoms with Gasteiger partial charge < -0.3 is 4.74 Å². The maximum Gasteiger partial charge on any atom is 0.416 e. The Labute approximate surface area is 186 Å². The third kappa shape index (κ3) is 5.14. The van der Waals surface area contributed by atoms with Gasteiger partial charge in [0.25, 0.3) is 0 Å². The lowest BCUT2D eigenvalue weighted by molar-refractivity contribution is -0.137. The predicted molar refractivity (Wildman–Crippen MR) is 123 cm³/mol. The van der Waals surface area contributed by atoms with Crippen molar-refractivity contribution in [1.82, 2.24) is 9.80 Å². The van der Waals surface area contributed by atoms with E-state index in [9.17, 15) is 13.2 Å². The number of rotatable bonds is 6. The molecule has 168 valence electrons. The van der Waals surface area contributed by atoms with E-state index in [1.807, 2.05) is 24.3 Å². The molecule has 1 saturated heterocycles. The van der Waals surface area contributed by atoms with E-state index in [0.29, 0.717) is 6.54 Å². The van der Waals surface area contributed by atoms with E-state index in [1.165, 1.54) is 23.1 Å². The Morgan fingerprint density at radius 2 is 1.50 bits per heavy atom. The van der Waals surface area contributed by atoms with Gasteiger partial charge in [0.15, 0.2) is 0 Å². The normalized spacial score (nSPS) is 16.1. The topological polar surface area (TPSA) is 15.7 Å². The standard InChI is InChI=1S/C26H27F3N2O/c1-32-25-13-12-21(22-9-3-4-10-23(22)25)19-31-17-15-30(16-18-31)14-6-8-20-7-2-5-11-24(20)26(27,28)29/h2-13H,14-19H2,1H3/b8-6+. The second-order valence-corrected chi connectivity index (χ2v) is 8.04. The quantitative estimate of drug-likeness (QED) is 0.489. The molecule has 1 heterocycles. The summed E-state index contributed by atoms with van der Waals surface area (Å²) in [4.78, 5) is 4.70. The lowest BCUT2D eigenvalue weighted by Crippen LogP contribution is -2.45. The van der Waals surface area contributed by atoms with Crippen molar-refractivity contribution in [1.29, 1.82) is 0 Å². The van der Waals surface area contributed by atoms with Crippen molar-refractivity contribution in [2.75, 3.05) is 39.8 Å². The molecule has 0 radical (unpaired) electrons. The van der Waals surface area contributed by atoms with Gasteiger partial charge in [-0.05, 0) is 28.6 Å². The van der Waals surface area contributed by atoms with Gasteiger partial charge in [-0.3, -0.25) is 9.80 Å². The number of ether oxygens (including phenoxy) is 1. The molecule has 3 aromatic carbocycles. The molecule has 1 fully saturated rings. The molecule has 32 heavy (non-hydrogen) atoms. The minimum atomic E-state index is -4.34. The molecule has 1 aliphatic heterocycles. The molecule has 0 spiro atoms. The average molecular weight is 441 g/mol. The fraction of sp³-hybridized carbons (Fsp3) is 0.308. The number of hydrogen-bond acceptors (Lipinski definition) is 3. The number of piperazine rings is 1. The molecule has 4 rings (SSSR count). The number of alkyl halides is 3. The Hall–Kier alpha value is -2.83. The number of nitrogens with zero attached hydrogens (tertiary/aromatic N) is 2. The second-order valence-electron chi connectivity index (χ2n) is 8.04. The SMILES string of the molecule is COc1ccc(CN2CCN(C/C=C/c3ccccc3C(F)(F)F)CC2)c2ccccc12. The van der Waals surface area contributed by atoms with Crippen molar-refractivity contribution in [3.63, 3.8) is 0 Å². The van der Waals surface area contributed by atoms with Crippen LogP contribution in [0.1, 0.15) is 16.7 Å². The predicted octanol–water partition coefficient (Wildman–Crippen LogP) is 5.70. The fourth-order valence-corrected chi connectivity index (χ4v) is 4.25. The van der Waals surface area contributed by atoms with Gasteiger partial charge in [-0.1, -0.05) is 60.7 Å². The van der Waals surface area contributed by atoms with E-state index in [0.717, 1.165) is 49.9 Å². The Balaban J connectivity index is 1.34. The van der Waals surface area contributed by atoms with Crippen LogP contribution < -0.4 is 4.74 Å². The smallest absolute Gasteiger partial charge is 0.416 e. The molecule has 3 nitrogen and oxygen atoms in total. The van der Waals surface area contributed by atoms with E-state index in [2.05, 4.69) is 28.0 Å². The molecule has 0 atom stereocenters. The zero-order valence-electron chi connectivity index (χ0n) is 18.1. The third-order valence-corrected chi connectivity index (χ3v) is 5.98.